The number of nitriles is 1. The summed E-state index contributed by atoms with van der Waals surface area (Å²) >= 11 is 5.92. The standard InChI is InChI=1S/C22H22ClN3O3/c1-26(2)20-8-6-17(7-9-20)12-18(14-24)22(28)29-15-21(27)25-11-10-16-4-3-5-19(23)13-16/h3-9,12-13H,10-11,15H2,1-2H3,(H,25,27)/b18-12+. The van der Waals surface area contributed by atoms with Crippen molar-refractivity contribution < 1.29 is 14.3 Å². The molecule has 0 aliphatic rings. The van der Waals surface area contributed by atoms with E-state index < -0.39 is 18.5 Å². The van der Waals surface area contributed by atoms with Gasteiger partial charge in [-0.3, -0.25) is 4.79 Å². The van der Waals surface area contributed by atoms with E-state index in [4.69, 9.17) is 16.3 Å². The SMILES string of the molecule is CN(C)c1ccc(/C=C(\C#N)C(=O)OCC(=O)NCCc2cccc(Cl)c2)cc1. The largest absolute Gasteiger partial charge is 0.451 e. The molecule has 0 heterocycles. The third-order valence-electron chi connectivity index (χ3n) is 4.02. The highest BCUT2D eigenvalue weighted by atomic mass is 35.5. The van der Waals surface area contributed by atoms with Crippen molar-refractivity contribution in [1.82, 2.24) is 5.32 Å². The molecule has 150 valence electrons. The van der Waals surface area contributed by atoms with Gasteiger partial charge in [-0.25, -0.2) is 4.79 Å². The van der Waals surface area contributed by atoms with Gasteiger partial charge < -0.3 is 15.0 Å². The van der Waals surface area contributed by atoms with E-state index in [9.17, 15) is 14.9 Å². The number of ether oxygens (including phenoxy) is 1. The van der Waals surface area contributed by atoms with Crippen LogP contribution in [0.5, 0.6) is 0 Å². The number of rotatable bonds is 8. The second-order valence-corrected chi connectivity index (χ2v) is 6.90. The van der Waals surface area contributed by atoms with E-state index in [1.807, 2.05) is 55.4 Å². The van der Waals surface area contributed by atoms with Crippen LogP contribution in [0.3, 0.4) is 0 Å². The fourth-order valence-electron chi connectivity index (χ4n) is 2.47. The number of carbonyl (C=O) groups is 2. The average molecular weight is 412 g/mol. The van der Waals surface area contributed by atoms with Crippen molar-refractivity contribution in [2.45, 2.75) is 6.42 Å². The van der Waals surface area contributed by atoms with Crippen LogP contribution in [0.2, 0.25) is 5.02 Å². The molecule has 29 heavy (non-hydrogen) atoms. The molecule has 0 aromatic heterocycles. The Kier molecular flexibility index (Phi) is 8.26. The smallest absolute Gasteiger partial charge is 0.349 e. The molecule has 0 bridgehead atoms. The molecule has 0 radical (unpaired) electrons. The average Bonchev–Trinajstić information content (AvgIpc) is 2.70. The van der Waals surface area contributed by atoms with Crippen LogP contribution in [-0.2, 0) is 20.7 Å². The number of esters is 1. The molecule has 0 unspecified atom stereocenters. The highest BCUT2D eigenvalue weighted by molar-refractivity contribution is 6.30. The molecule has 0 saturated heterocycles. The number of halogens is 1. The van der Waals surface area contributed by atoms with E-state index in [1.165, 1.54) is 6.08 Å². The Hall–Kier alpha value is -3.30. The third-order valence-corrected chi connectivity index (χ3v) is 4.26. The lowest BCUT2D eigenvalue weighted by Crippen LogP contribution is -2.30. The maximum absolute atomic E-state index is 12.1. The van der Waals surface area contributed by atoms with Crippen molar-refractivity contribution in [2.75, 3.05) is 32.1 Å². The summed E-state index contributed by atoms with van der Waals surface area (Å²) in [6, 6.07) is 16.5. The molecule has 1 amide bonds. The Bertz CT molecular complexity index is 931. The number of benzene rings is 2. The molecule has 2 aromatic carbocycles. The van der Waals surface area contributed by atoms with E-state index >= 15 is 0 Å². The molecule has 2 rings (SSSR count). The number of anilines is 1. The molecule has 0 aliphatic heterocycles. The minimum absolute atomic E-state index is 0.172. The van der Waals surface area contributed by atoms with Crippen molar-refractivity contribution in [3.05, 3.63) is 70.3 Å². The summed E-state index contributed by atoms with van der Waals surface area (Å²) in [6.45, 7) is -0.0666. The molecule has 1 N–H and O–H groups in total. The predicted molar refractivity (Wildman–Crippen MR) is 113 cm³/mol. The number of amides is 1. The lowest BCUT2D eigenvalue weighted by Gasteiger charge is -2.11. The van der Waals surface area contributed by atoms with Crippen LogP contribution in [0.1, 0.15) is 11.1 Å². The van der Waals surface area contributed by atoms with E-state index in [2.05, 4.69) is 5.32 Å². The zero-order chi connectivity index (χ0) is 21.2. The number of nitrogens with one attached hydrogen (secondary N) is 1. The molecule has 0 fully saturated rings. The van der Waals surface area contributed by atoms with Gasteiger partial charge in [-0.1, -0.05) is 35.9 Å². The second kappa shape index (κ2) is 10.9. The van der Waals surface area contributed by atoms with Gasteiger partial charge in [0.05, 0.1) is 0 Å². The summed E-state index contributed by atoms with van der Waals surface area (Å²) in [5.41, 5.74) is 2.51. The van der Waals surface area contributed by atoms with E-state index in [0.29, 0.717) is 23.6 Å². The lowest BCUT2D eigenvalue weighted by atomic mass is 10.1. The van der Waals surface area contributed by atoms with Crippen molar-refractivity contribution >= 4 is 35.2 Å². The van der Waals surface area contributed by atoms with Gasteiger partial charge in [-0.05, 0) is 47.9 Å². The number of hydrogen-bond acceptors (Lipinski definition) is 5. The first kappa shape index (κ1) is 22.0. The molecule has 0 saturated carbocycles. The Morgan fingerprint density at radius 3 is 2.55 bits per heavy atom. The zero-order valence-electron chi connectivity index (χ0n) is 16.3. The molecule has 2 aromatic rings. The summed E-state index contributed by atoms with van der Waals surface area (Å²) in [5, 5.41) is 12.5. The van der Waals surface area contributed by atoms with Gasteiger partial charge in [-0.2, -0.15) is 5.26 Å². The second-order valence-electron chi connectivity index (χ2n) is 6.46. The van der Waals surface area contributed by atoms with Crippen molar-refractivity contribution in [3.8, 4) is 6.07 Å². The van der Waals surface area contributed by atoms with Crippen LogP contribution >= 0.6 is 11.6 Å². The number of hydrogen-bond donors (Lipinski definition) is 1. The molecule has 0 atom stereocenters. The molecular formula is C22H22ClN3O3. The fourth-order valence-corrected chi connectivity index (χ4v) is 2.68. The zero-order valence-corrected chi connectivity index (χ0v) is 17.1. The predicted octanol–water partition coefficient (Wildman–Crippen LogP) is 3.22. The highest BCUT2D eigenvalue weighted by Gasteiger charge is 2.13. The molecule has 0 aliphatic carbocycles. The summed E-state index contributed by atoms with van der Waals surface area (Å²) < 4.78 is 4.94. The minimum Gasteiger partial charge on any atom is -0.451 e. The Morgan fingerprint density at radius 2 is 1.93 bits per heavy atom. The van der Waals surface area contributed by atoms with Crippen LogP contribution in [0.15, 0.2) is 54.1 Å². The van der Waals surface area contributed by atoms with Gasteiger partial charge in [0, 0.05) is 31.4 Å². The molecule has 6 nitrogen and oxygen atoms in total. The summed E-state index contributed by atoms with van der Waals surface area (Å²) in [5.74, 6) is -1.28. The Balaban J connectivity index is 1.82. The van der Waals surface area contributed by atoms with Crippen LogP contribution in [0.4, 0.5) is 5.69 Å². The fraction of sp³-hybridized carbons (Fsp3) is 0.227. The van der Waals surface area contributed by atoms with Gasteiger partial charge in [0.15, 0.2) is 6.61 Å². The van der Waals surface area contributed by atoms with Crippen molar-refractivity contribution in [2.24, 2.45) is 0 Å². The Morgan fingerprint density at radius 1 is 1.21 bits per heavy atom. The van der Waals surface area contributed by atoms with Crippen LogP contribution < -0.4 is 10.2 Å². The monoisotopic (exact) mass is 411 g/mol. The number of nitrogens with zero attached hydrogens (tertiary/aromatic N) is 2. The molecule has 7 heteroatoms. The quantitative estimate of drug-likeness (QED) is 0.409. The van der Waals surface area contributed by atoms with Gasteiger partial charge in [-0.15, -0.1) is 0 Å². The normalized spacial score (nSPS) is 10.8. The summed E-state index contributed by atoms with van der Waals surface area (Å²) in [6.07, 6.45) is 2.03. The number of carbonyl (C=O) groups excluding carboxylic acids is 2. The maximum Gasteiger partial charge on any atom is 0.349 e. The first-order valence-corrected chi connectivity index (χ1v) is 9.34. The van der Waals surface area contributed by atoms with Crippen LogP contribution in [0, 0.1) is 11.3 Å². The van der Waals surface area contributed by atoms with Crippen molar-refractivity contribution in [1.29, 1.82) is 5.26 Å². The molecular weight excluding hydrogens is 390 g/mol. The minimum atomic E-state index is -0.839. The van der Waals surface area contributed by atoms with E-state index in [1.54, 1.807) is 18.2 Å². The maximum atomic E-state index is 12.1. The van der Waals surface area contributed by atoms with Gasteiger partial charge >= 0.3 is 5.97 Å². The van der Waals surface area contributed by atoms with Gasteiger partial charge in [0.25, 0.3) is 5.91 Å². The highest BCUT2D eigenvalue weighted by Crippen LogP contribution is 2.15. The van der Waals surface area contributed by atoms with Crippen LogP contribution in [0.25, 0.3) is 6.08 Å². The summed E-state index contributed by atoms with van der Waals surface area (Å²) in [7, 11) is 3.84. The van der Waals surface area contributed by atoms with E-state index in [-0.39, 0.29) is 5.57 Å². The Labute approximate surface area is 175 Å². The topological polar surface area (TPSA) is 82.4 Å². The lowest BCUT2D eigenvalue weighted by molar-refractivity contribution is -0.144. The first-order chi connectivity index (χ1) is 13.9. The van der Waals surface area contributed by atoms with Gasteiger partial charge in [0.1, 0.15) is 11.6 Å². The first-order valence-electron chi connectivity index (χ1n) is 8.96. The van der Waals surface area contributed by atoms with E-state index in [0.717, 1.165) is 11.3 Å². The van der Waals surface area contributed by atoms with Crippen LogP contribution in [-0.4, -0.2) is 39.1 Å². The third kappa shape index (κ3) is 7.32. The molecule has 0 spiro atoms. The van der Waals surface area contributed by atoms with Crippen molar-refractivity contribution in [3.63, 3.8) is 0 Å². The van der Waals surface area contributed by atoms with Gasteiger partial charge in [0.2, 0.25) is 0 Å². The summed E-state index contributed by atoms with van der Waals surface area (Å²) in [4.78, 5) is 25.9.